The number of benzene rings is 1. The van der Waals surface area contributed by atoms with E-state index in [-0.39, 0.29) is 23.9 Å². The van der Waals surface area contributed by atoms with Crippen molar-refractivity contribution in [1.29, 1.82) is 0 Å². The van der Waals surface area contributed by atoms with Crippen LogP contribution in [0.2, 0.25) is 0 Å². The van der Waals surface area contributed by atoms with E-state index in [0.717, 1.165) is 5.56 Å². The fourth-order valence-corrected chi connectivity index (χ4v) is 1.40. The first-order valence-corrected chi connectivity index (χ1v) is 5.67. The lowest BCUT2D eigenvalue weighted by molar-refractivity contribution is 0.120. The predicted octanol–water partition coefficient (Wildman–Crippen LogP) is 2.49. The van der Waals surface area contributed by atoms with Gasteiger partial charge in [-0.25, -0.2) is 4.39 Å². The van der Waals surface area contributed by atoms with Crippen molar-refractivity contribution in [3.63, 3.8) is 0 Å². The predicted molar refractivity (Wildman–Crippen MR) is 63.7 cm³/mol. The smallest absolute Gasteiger partial charge is 0.123 e. The lowest BCUT2D eigenvalue weighted by Crippen LogP contribution is -2.32. The van der Waals surface area contributed by atoms with E-state index in [1.54, 1.807) is 12.1 Å². The van der Waals surface area contributed by atoms with Gasteiger partial charge in [-0.3, -0.25) is 0 Å². The molecule has 2 N–H and O–H groups in total. The number of aliphatic hydroxyl groups is 1. The molecule has 2 atom stereocenters. The molecule has 2 unspecified atom stereocenters. The summed E-state index contributed by atoms with van der Waals surface area (Å²) in [5.74, 6) is 0.0195. The Morgan fingerprint density at radius 1 is 1.19 bits per heavy atom. The average molecular weight is 225 g/mol. The number of halogens is 1. The maximum absolute atomic E-state index is 12.7. The van der Waals surface area contributed by atoms with E-state index < -0.39 is 0 Å². The molecule has 0 bridgehead atoms. The molecular formula is C13H20FNO. The van der Waals surface area contributed by atoms with Crippen LogP contribution in [-0.4, -0.2) is 17.8 Å². The van der Waals surface area contributed by atoms with Crippen molar-refractivity contribution in [3.8, 4) is 0 Å². The summed E-state index contributed by atoms with van der Waals surface area (Å²) in [6.07, 6.45) is -0.345. The Hall–Kier alpha value is -0.930. The lowest BCUT2D eigenvalue weighted by atomic mass is 10.1. The van der Waals surface area contributed by atoms with Crippen molar-refractivity contribution >= 4 is 0 Å². The highest BCUT2D eigenvalue weighted by Crippen LogP contribution is 2.13. The molecular weight excluding hydrogens is 205 g/mol. The Bertz CT molecular complexity index is 310. The Labute approximate surface area is 96.5 Å². The van der Waals surface area contributed by atoms with Crippen LogP contribution in [0.3, 0.4) is 0 Å². The lowest BCUT2D eigenvalue weighted by Gasteiger charge is -2.19. The molecule has 3 heteroatoms. The molecule has 0 aliphatic carbocycles. The Balaban J connectivity index is 2.46. The van der Waals surface area contributed by atoms with E-state index in [2.05, 4.69) is 5.32 Å². The van der Waals surface area contributed by atoms with Gasteiger partial charge in [-0.2, -0.15) is 0 Å². The highest BCUT2D eigenvalue weighted by molar-refractivity contribution is 5.19. The zero-order valence-corrected chi connectivity index (χ0v) is 10.1. The van der Waals surface area contributed by atoms with Gasteiger partial charge in [0.1, 0.15) is 5.82 Å². The van der Waals surface area contributed by atoms with Crippen molar-refractivity contribution in [1.82, 2.24) is 5.32 Å². The Morgan fingerprint density at radius 2 is 1.75 bits per heavy atom. The standard InChI is InChI=1S/C13H20FNO/c1-9(2)13(16)8-15-10(3)11-4-6-12(14)7-5-11/h4-7,9-10,13,15-16H,8H2,1-3H3. The topological polar surface area (TPSA) is 32.3 Å². The molecule has 0 spiro atoms. The first kappa shape index (κ1) is 13.1. The average Bonchev–Trinajstić information content (AvgIpc) is 2.26. The molecule has 16 heavy (non-hydrogen) atoms. The normalized spacial score (nSPS) is 15.1. The van der Waals surface area contributed by atoms with Crippen LogP contribution < -0.4 is 5.32 Å². The fourth-order valence-electron chi connectivity index (χ4n) is 1.40. The van der Waals surface area contributed by atoms with Gasteiger partial charge in [-0.05, 0) is 30.5 Å². The second-order valence-corrected chi connectivity index (χ2v) is 4.49. The van der Waals surface area contributed by atoms with Crippen molar-refractivity contribution in [2.75, 3.05) is 6.54 Å². The number of hydrogen-bond acceptors (Lipinski definition) is 2. The van der Waals surface area contributed by atoms with Gasteiger partial charge < -0.3 is 10.4 Å². The third-order valence-electron chi connectivity index (χ3n) is 2.77. The van der Waals surface area contributed by atoms with E-state index >= 15 is 0 Å². The van der Waals surface area contributed by atoms with Crippen LogP contribution in [0.5, 0.6) is 0 Å². The molecule has 0 aliphatic heterocycles. The van der Waals surface area contributed by atoms with Gasteiger partial charge in [-0.1, -0.05) is 26.0 Å². The minimum atomic E-state index is -0.345. The quantitative estimate of drug-likeness (QED) is 0.807. The van der Waals surface area contributed by atoms with Gasteiger partial charge in [0.15, 0.2) is 0 Å². The van der Waals surface area contributed by atoms with Crippen molar-refractivity contribution in [2.45, 2.75) is 32.9 Å². The summed E-state index contributed by atoms with van der Waals surface area (Å²) in [5, 5.41) is 12.9. The zero-order chi connectivity index (χ0) is 12.1. The van der Waals surface area contributed by atoms with Gasteiger partial charge in [0.05, 0.1) is 6.10 Å². The summed E-state index contributed by atoms with van der Waals surface area (Å²) in [5.41, 5.74) is 1.03. The molecule has 0 saturated heterocycles. The molecule has 2 nitrogen and oxygen atoms in total. The van der Waals surface area contributed by atoms with Gasteiger partial charge in [0.2, 0.25) is 0 Å². The molecule has 0 aromatic heterocycles. The van der Waals surface area contributed by atoms with E-state index in [4.69, 9.17) is 0 Å². The summed E-state index contributed by atoms with van der Waals surface area (Å²) in [4.78, 5) is 0. The molecule has 0 saturated carbocycles. The van der Waals surface area contributed by atoms with Crippen molar-refractivity contribution < 1.29 is 9.50 Å². The number of aliphatic hydroxyl groups excluding tert-OH is 1. The number of rotatable bonds is 5. The molecule has 90 valence electrons. The third kappa shape index (κ3) is 3.91. The summed E-state index contributed by atoms with van der Waals surface area (Å²) in [6, 6.07) is 6.54. The first-order chi connectivity index (χ1) is 7.50. The van der Waals surface area contributed by atoms with Crippen LogP contribution in [0.25, 0.3) is 0 Å². The second-order valence-electron chi connectivity index (χ2n) is 4.49. The molecule has 0 heterocycles. The summed E-state index contributed by atoms with van der Waals surface area (Å²) in [6.45, 7) is 6.51. The maximum atomic E-state index is 12.7. The summed E-state index contributed by atoms with van der Waals surface area (Å²) >= 11 is 0. The van der Waals surface area contributed by atoms with Crippen LogP contribution in [0.1, 0.15) is 32.4 Å². The minimum Gasteiger partial charge on any atom is -0.392 e. The third-order valence-corrected chi connectivity index (χ3v) is 2.77. The van der Waals surface area contributed by atoms with E-state index in [1.165, 1.54) is 12.1 Å². The molecule has 1 aromatic carbocycles. The van der Waals surface area contributed by atoms with Gasteiger partial charge >= 0.3 is 0 Å². The molecule has 1 aromatic rings. The fraction of sp³-hybridized carbons (Fsp3) is 0.538. The number of nitrogens with one attached hydrogen (secondary N) is 1. The van der Waals surface area contributed by atoms with Gasteiger partial charge in [0.25, 0.3) is 0 Å². The first-order valence-electron chi connectivity index (χ1n) is 5.67. The van der Waals surface area contributed by atoms with Gasteiger partial charge in [-0.15, -0.1) is 0 Å². The maximum Gasteiger partial charge on any atom is 0.123 e. The Kier molecular flexibility index (Phi) is 4.90. The van der Waals surface area contributed by atoms with Crippen LogP contribution >= 0.6 is 0 Å². The zero-order valence-electron chi connectivity index (χ0n) is 10.1. The minimum absolute atomic E-state index is 0.119. The SMILES string of the molecule is CC(NCC(O)C(C)C)c1ccc(F)cc1. The van der Waals surface area contributed by atoms with Crippen LogP contribution in [-0.2, 0) is 0 Å². The summed E-state index contributed by atoms with van der Waals surface area (Å²) in [7, 11) is 0. The van der Waals surface area contributed by atoms with E-state index in [9.17, 15) is 9.50 Å². The number of hydrogen-bond donors (Lipinski definition) is 2. The van der Waals surface area contributed by atoms with Crippen molar-refractivity contribution in [3.05, 3.63) is 35.6 Å². The molecule has 0 radical (unpaired) electrons. The molecule has 1 rings (SSSR count). The largest absolute Gasteiger partial charge is 0.392 e. The van der Waals surface area contributed by atoms with Crippen LogP contribution in [0.4, 0.5) is 4.39 Å². The van der Waals surface area contributed by atoms with E-state index in [0.29, 0.717) is 6.54 Å². The highest BCUT2D eigenvalue weighted by Gasteiger charge is 2.11. The summed E-state index contributed by atoms with van der Waals surface area (Å²) < 4.78 is 12.7. The molecule has 0 fully saturated rings. The van der Waals surface area contributed by atoms with Crippen LogP contribution in [0.15, 0.2) is 24.3 Å². The monoisotopic (exact) mass is 225 g/mol. The van der Waals surface area contributed by atoms with Crippen molar-refractivity contribution in [2.24, 2.45) is 5.92 Å². The molecule has 0 aliphatic rings. The van der Waals surface area contributed by atoms with Crippen LogP contribution in [0, 0.1) is 11.7 Å². The van der Waals surface area contributed by atoms with E-state index in [1.807, 2.05) is 20.8 Å². The Morgan fingerprint density at radius 3 is 2.25 bits per heavy atom. The highest BCUT2D eigenvalue weighted by atomic mass is 19.1. The molecule has 0 amide bonds. The van der Waals surface area contributed by atoms with Gasteiger partial charge in [0, 0.05) is 12.6 Å². The second kappa shape index (κ2) is 5.97.